The van der Waals surface area contributed by atoms with Gasteiger partial charge in [-0.3, -0.25) is 0 Å². The zero-order valence-corrected chi connectivity index (χ0v) is 9.79. The summed E-state index contributed by atoms with van der Waals surface area (Å²) in [6.07, 6.45) is -1.32. The second-order valence-electron chi connectivity index (χ2n) is 3.62. The van der Waals surface area contributed by atoms with Crippen LogP contribution in [-0.4, -0.2) is 18.4 Å². The van der Waals surface area contributed by atoms with E-state index in [2.05, 4.69) is 4.74 Å². The van der Waals surface area contributed by atoms with Gasteiger partial charge in [0.15, 0.2) is 0 Å². The molecule has 0 aliphatic heterocycles. The van der Waals surface area contributed by atoms with Crippen LogP contribution < -0.4 is 9.47 Å². The van der Waals surface area contributed by atoms with Crippen molar-refractivity contribution in [2.75, 3.05) is 7.11 Å². The second-order valence-corrected chi connectivity index (χ2v) is 3.62. The Kier molecular flexibility index (Phi) is 3.48. The van der Waals surface area contributed by atoms with Crippen LogP contribution in [0.1, 0.15) is 0 Å². The van der Waals surface area contributed by atoms with Crippen molar-refractivity contribution in [1.29, 1.82) is 0 Å². The lowest BCUT2D eigenvalue weighted by atomic mass is 10.1. The molecule has 0 atom stereocenters. The molecule has 0 amide bonds. The van der Waals surface area contributed by atoms with Gasteiger partial charge in [-0.15, -0.1) is 0 Å². The van der Waals surface area contributed by atoms with E-state index in [4.69, 9.17) is 9.84 Å². The molecule has 0 aliphatic carbocycles. The van der Waals surface area contributed by atoms with E-state index in [-0.39, 0.29) is 0 Å². The molecule has 2 rings (SSSR count). The highest BCUT2D eigenvalue weighted by Crippen LogP contribution is 2.25. The average molecular weight is 244 g/mol. The van der Waals surface area contributed by atoms with Crippen LogP contribution in [0.3, 0.4) is 0 Å². The Morgan fingerprint density at radius 1 is 1.00 bits per heavy atom. The second kappa shape index (κ2) is 5.23. The van der Waals surface area contributed by atoms with E-state index in [1.807, 2.05) is 30.3 Å². The zero-order chi connectivity index (χ0) is 13.0. The number of hydrogen-bond donors (Lipinski definition) is 1. The maximum Gasteiger partial charge on any atom is 0.511 e. The van der Waals surface area contributed by atoms with E-state index in [0.29, 0.717) is 5.75 Å². The van der Waals surface area contributed by atoms with Crippen molar-refractivity contribution >= 4 is 6.16 Å². The van der Waals surface area contributed by atoms with E-state index < -0.39 is 6.16 Å². The molecule has 0 saturated heterocycles. The molecule has 18 heavy (non-hydrogen) atoms. The van der Waals surface area contributed by atoms with Crippen molar-refractivity contribution in [3.63, 3.8) is 0 Å². The van der Waals surface area contributed by atoms with Crippen LogP contribution in [0.15, 0.2) is 48.5 Å². The Morgan fingerprint density at radius 3 is 2.33 bits per heavy atom. The van der Waals surface area contributed by atoms with Gasteiger partial charge in [-0.1, -0.05) is 24.3 Å². The summed E-state index contributed by atoms with van der Waals surface area (Å²) in [6, 6.07) is 14.4. The first-order chi connectivity index (χ1) is 8.69. The molecule has 4 nitrogen and oxygen atoms in total. The molecular formula is C14H12O4. The van der Waals surface area contributed by atoms with Crippen molar-refractivity contribution in [3.05, 3.63) is 48.5 Å². The molecule has 0 spiro atoms. The number of hydrogen-bond acceptors (Lipinski definition) is 3. The smallest absolute Gasteiger partial charge is 0.497 e. The van der Waals surface area contributed by atoms with Crippen molar-refractivity contribution in [1.82, 2.24) is 0 Å². The molecule has 0 aliphatic rings. The van der Waals surface area contributed by atoms with E-state index in [9.17, 15) is 4.79 Å². The Hall–Kier alpha value is -2.49. The van der Waals surface area contributed by atoms with Crippen LogP contribution in [-0.2, 0) is 0 Å². The highest BCUT2D eigenvalue weighted by Gasteiger charge is 2.03. The molecular weight excluding hydrogens is 232 g/mol. The lowest BCUT2D eigenvalue weighted by Crippen LogP contribution is -2.02. The third-order valence-corrected chi connectivity index (χ3v) is 2.46. The van der Waals surface area contributed by atoms with Gasteiger partial charge < -0.3 is 14.6 Å². The number of rotatable bonds is 3. The van der Waals surface area contributed by atoms with E-state index in [1.165, 1.54) is 0 Å². The summed E-state index contributed by atoms with van der Waals surface area (Å²) in [5, 5.41) is 8.56. The van der Waals surface area contributed by atoms with Crippen molar-refractivity contribution in [2.45, 2.75) is 0 Å². The molecule has 0 radical (unpaired) electrons. The fourth-order valence-electron chi connectivity index (χ4n) is 1.62. The first kappa shape index (κ1) is 12.0. The number of carbonyl (C=O) groups is 1. The zero-order valence-electron chi connectivity index (χ0n) is 9.79. The SMILES string of the molecule is COc1ccc(-c2cccc(OC(=O)O)c2)cc1. The molecule has 2 aromatic carbocycles. The Morgan fingerprint density at radius 2 is 1.72 bits per heavy atom. The number of ether oxygens (including phenoxy) is 2. The molecule has 0 bridgehead atoms. The monoisotopic (exact) mass is 244 g/mol. The summed E-state index contributed by atoms with van der Waals surface area (Å²) < 4.78 is 9.69. The molecule has 92 valence electrons. The topological polar surface area (TPSA) is 55.8 Å². The van der Waals surface area contributed by atoms with Crippen molar-refractivity contribution in [3.8, 4) is 22.6 Å². The molecule has 4 heteroatoms. The van der Waals surface area contributed by atoms with Gasteiger partial charge in [-0.2, -0.15) is 0 Å². The minimum absolute atomic E-state index is 0.302. The molecule has 0 heterocycles. The highest BCUT2D eigenvalue weighted by atomic mass is 16.7. The van der Waals surface area contributed by atoms with Crippen LogP contribution in [0.25, 0.3) is 11.1 Å². The number of methoxy groups -OCH3 is 1. The van der Waals surface area contributed by atoms with Gasteiger partial charge in [-0.05, 0) is 35.4 Å². The number of benzene rings is 2. The Balaban J connectivity index is 2.29. The molecule has 1 N–H and O–H groups in total. The minimum Gasteiger partial charge on any atom is -0.497 e. The summed E-state index contributed by atoms with van der Waals surface area (Å²) in [4.78, 5) is 10.5. The molecule has 2 aromatic rings. The van der Waals surface area contributed by atoms with Crippen LogP contribution in [0.5, 0.6) is 11.5 Å². The maximum absolute atomic E-state index is 10.5. The number of carboxylic acid groups (broad SMARTS) is 1. The molecule has 0 unspecified atom stereocenters. The van der Waals surface area contributed by atoms with Gasteiger partial charge in [-0.25, -0.2) is 4.79 Å². The van der Waals surface area contributed by atoms with Crippen LogP contribution in [0.2, 0.25) is 0 Å². The fourth-order valence-corrected chi connectivity index (χ4v) is 1.62. The van der Waals surface area contributed by atoms with E-state index >= 15 is 0 Å². The summed E-state index contributed by atoms with van der Waals surface area (Å²) >= 11 is 0. The molecule has 0 aromatic heterocycles. The maximum atomic E-state index is 10.5. The third kappa shape index (κ3) is 2.79. The molecule has 0 saturated carbocycles. The van der Waals surface area contributed by atoms with Gasteiger partial charge in [0.25, 0.3) is 0 Å². The lowest BCUT2D eigenvalue weighted by molar-refractivity contribution is 0.144. The normalized spacial score (nSPS) is 9.83. The van der Waals surface area contributed by atoms with E-state index in [0.717, 1.165) is 16.9 Å². The quantitative estimate of drug-likeness (QED) is 0.664. The van der Waals surface area contributed by atoms with Gasteiger partial charge in [0, 0.05) is 0 Å². The summed E-state index contributed by atoms with van der Waals surface area (Å²) in [6.45, 7) is 0. The largest absolute Gasteiger partial charge is 0.511 e. The van der Waals surface area contributed by atoms with Gasteiger partial charge in [0.1, 0.15) is 11.5 Å². The minimum atomic E-state index is -1.32. The Labute approximate surface area is 104 Å². The lowest BCUT2D eigenvalue weighted by Gasteiger charge is -2.05. The van der Waals surface area contributed by atoms with Crippen molar-refractivity contribution < 1.29 is 19.4 Å². The first-order valence-electron chi connectivity index (χ1n) is 5.34. The summed E-state index contributed by atoms with van der Waals surface area (Å²) in [5.41, 5.74) is 1.85. The average Bonchev–Trinajstić information content (AvgIpc) is 2.38. The van der Waals surface area contributed by atoms with Crippen LogP contribution >= 0.6 is 0 Å². The van der Waals surface area contributed by atoms with Crippen LogP contribution in [0.4, 0.5) is 4.79 Å². The van der Waals surface area contributed by atoms with Gasteiger partial charge in [0.05, 0.1) is 7.11 Å². The standard InChI is InChI=1S/C14H12O4/c1-17-12-7-5-10(6-8-12)11-3-2-4-13(9-11)18-14(15)16/h2-9H,1H3,(H,15,16). The van der Waals surface area contributed by atoms with Crippen LogP contribution in [0, 0.1) is 0 Å². The van der Waals surface area contributed by atoms with Gasteiger partial charge in [0.2, 0.25) is 0 Å². The van der Waals surface area contributed by atoms with E-state index in [1.54, 1.807) is 25.3 Å². The highest BCUT2D eigenvalue weighted by molar-refractivity contribution is 5.68. The summed E-state index contributed by atoms with van der Waals surface area (Å²) in [5.74, 6) is 1.08. The fraction of sp³-hybridized carbons (Fsp3) is 0.0714. The van der Waals surface area contributed by atoms with Crippen molar-refractivity contribution in [2.24, 2.45) is 0 Å². The van der Waals surface area contributed by atoms with Gasteiger partial charge >= 0.3 is 6.16 Å². The first-order valence-corrected chi connectivity index (χ1v) is 5.34. The summed E-state index contributed by atoms with van der Waals surface area (Å²) in [7, 11) is 1.61. The third-order valence-electron chi connectivity index (χ3n) is 2.46. The molecule has 0 fully saturated rings. The predicted molar refractivity (Wildman–Crippen MR) is 67.1 cm³/mol. The Bertz CT molecular complexity index is 546. The predicted octanol–water partition coefficient (Wildman–Crippen LogP) is 3.42.